The monoisotopic (exact) mass is 283 g/mol. The highest BCUT2D eigenvalue weighted by atomic mass is 16.5. The van der Waals surface area contributed by atoms with Gasteiger partial charge in [0.2, 0.25) is 0 Å². The van der Waals surface area contributed by atoms with Crippen molar-refractivity contribution in [3.8, 4) is 0 Å². The highest BCUT2D eigenvalue weighted by Gasteiger charge is 2.07. The third-order valence-corrected chi connectivity index (χ3v) is 3.46. The molecule has 0 saturated carbocycles. The Bertz CT molecular complexity index is 519. The van der Waals surface area contributed by atoms with Crippen LogP contribution in [0.4, 0.5) is 0 Å². The van der Waals surface area contributed by atoms with E-state index in [1.54, 1.807) is 0 Å². The molecule has 2 heteroatoms. The molecule has 0 aliphatic heterocycles. The largest absolute Gasteiger partial charge is 0.375 e. The second-order valence-corrected chi connectivity index (χ2v) is 5.95. The van der Waals surface area contributed by atoms with Gasteiger partial charge < -0.3 is 10.5 Å². The summed E-state index contributed by atoms with van der Waals surface area (Å²) in [5.74, 6) is 0.679. The Morgan fingerprint density at radius 2 is 1.57 bits per heavy atom. The van der Waals surface area contributed by atoms with Crippen LogP contribution in [-0.2, 0) is 17.8 Å². The highest BCUT2D eigenvalue weighted by Crippen LogP contribution is 2.15. The first-order valence-corrected chi connectivity index (χ1v) is 7.61. The number of benzene rings is 2. The minimum atomic E-state index is -0.0678. The van der Waals surface area contributed by atoms with Crippen LogP contribution in [0.1, 0.15) is 36.6 Å². The maximum absolute atomic E-state index is 6.19. The lowest BCUT2D eigenvalue weighted by Crippen LogP contribution is -2.17. The molecular weight excluding hydrogens is 258 g/mol. The van der Waals surface area contributed by atoms with Gasteiger partial charge in [-0.3, -0.25) is 0 Å². The Balaban J connectivity index is 1.81. The van der Waals surface area contributed by atoms with E-state index in [-0.39, 0.29) is 6.04 Å². The van der Waals surface area contributed by atoms with Crippen LogP contribution in [0.25, 0.3) is 0 Å². The molecule has 2 aromatic carbocycles. The molecule has 21 heavy (non-hydrogen) atoms. The Morgan fingerprint density at radius 3 is 2.19 bits per heavy atom. The molecule has 0 aromatic heterocycles. The van der Waals surface area contributed by atoms with E-state index in [1.165, 1.54) is 11.1 Å². The van der Waals surface area contributed by atoms with Crippen LogP contribution >= 0.6 is 0 Å². The first kappa shape index (κ1) is 15.7. The lowest BCUT2D eigenvalue weighted by molar-refractivity contribution is 0.108. The molecule has 0 heterocycles. The van der Waals surface area contributed by atoms with Gasteiger partial charge >= 0.3 is 0 Å². The Kier molecular flexibility index (Phi) is 5.97. The van der Waals surface area contributed by atoms with Crippen molar-refractivity contribution in [3.63, 3.8) is 0 Å². The van der Waals surface area contributed by atoms with Gasteiger partial charge in [-0.25, -0.2) is 0 Å². The average molecular weight is 283 g/mol. The molecule has 2 N–H and O–H groups in total. The summed E-state index contributed by atoms with van der Waals surface area (Å²) < 4.78 is 5.71. The number of rotatable bonds is 7. The summed E-state index contributed by atoms with van der Waals surface area (Å²) in [5.41, 5.74) is 9.86. The van der Waals surface area contributed by atoms with Gasteiger partial charge in [-0.2, -0.15) is 0 Å². The van der Waals surface area contributed by atoms with Crippen LogP contribution in [-0.4, -0.2) is 6.61 Å². The molecule has 0 aliphatic rings. The Morgan fingerprint density at radius 1 is 0.905 bits per heavy atom. The zero-order chi connectivity index (χ0) is 15.1. The molecular formula is C19H25NO. The smallest absolute Gasteiger partial charge is 0.0717 e. The fraction of sp³-hybridized carbons (Fsp3) is 0.368. The third-order valence-electron chi connectivity index (χ3n) is 3.46. The van der Waals surface area contributed by atoms with Crippen molar-refractivity contribution in [1.82, 2.24) is 0 Å². The number of hydrogen-bond donors (Lipinski definition) is 1. The standard InChI is InChI=1S/C19H25NO/c1-15(2)12-16-8-10-18(11-9-16)19(20)14-21-13-17-6-4-3-5-7-17/h3-11,15,19H,12-14,20H2,1-2H3. The van der Waals surface area contributed by atoms with Crippen molar-refractivity contribution in [2.45, 2.75) is 32.9 Å². The molecule has 0 amide bonds. The molecule has 0 bridgehead atoms. The summed E-state index contributed by atoms with van der Waals surface area (Å²) in [6.45, 7) is 5.62. The molecule has 112 valence electrons. The van der Waals surface area contributed by atoms with Crippen molar-refractivity contribution in [2.75, 3.05) is 6.61 Å². The van der Waals surface area contributed by atoms with Crippen molar-refractivity contribution >= 4 is 0 Å². The summed E-state index contributed by atoms with van der Waals surface area (Å²) in [5, 5.41) is 0. The first-order chi connectivity index (χ1) is 10.1. The van der Waals surface area contributed by atoms with Crippen LogP contribution in [0.15, 0.2) is 54.6 Å². The van der Waals surface area contributed by atoms with Crippen molar-refractivity contribution in [2.24, 2.45) is 11.7 Å². The van der Waals surface area contributed by atoms with Crippen LogP contribution in [0.5, 0.6) is 0 Å². The molecule has 0 saturated heterocycles. The lowest BCUT2D eigenvalue weighted by atomic mass is 10.00. The molecule has 2 aromatic rings. The van der Waals surface area contributed by atoms with E-state index in [1.807, 2.05) is 18.2 Å². The predicted octanol–water partition coefficient (Wildman–Crippen LogP) is 4.10. The van der Waals surface area contributed by atoms with Gasteiger partial charge in [0, 0.05) is 0 Å². The van der Waals surface area contributed by atoms with E-state index in [9.17, 15) is 0 Å². The van der Waals surface area contributed by atoms with Gasteiger partial charge in [0.25, 0.3) is 0 Å². The summed E-state index contributed by atoms with van der Waals surface area (Å²) in [6.07, 6.45) is 1.11. The van der Waals surface area contributed by atoms with Crippen LogP contribution in [0.2, 0.25) is 0 Å². The molecule has 2 nitrogen and oxygen atoms in total. The van der Waals surface area contributed by atoms with Crippen LogP contribution in [0, 0.1) is 5.92 Å². The van der Waals surface area contributed by atoms with Gasteiger partial charge in [-0.15, -0.1) is 0 Å². The Labute approximate surface area is 127 Å². The normalized spacial score (nSPS) is 12.6. The van der Waals surface area contributed by atoms with Crippen molar-refractivity contribution in [3.05, 3.63) is 71.3 Å². The van der Waals surface area contributed by atoms with E-state index < -0.39 is 0 Å². The number of hydrogen-bond acceptors (Lipinski definition) is 2. The topological polar surface area (TPSA) is 35.2 Å². The summed E-state index contributed by atoms with van der Waals surface area (Å²) >= 11 is 0. The molecule has 2 rings (SSSR count). The maximum Gasteiger partial charge on any atom is 0.0717 e. The van der Waals surface area contributed by atoms with Gasteiger partial charge in [0.1, 0.15) is 0 Å². The maximum atomic E-state index is 6.19. The van der Waals surface area contributed by atoms with Gasteiger partial charge in [0.05, 0.1) is 19.3 Å². The lowest BCUT2D eigenvalue weighted by Gasteiger charge is -2.14. The fourth-order valence-corrected chi connectivity index (χ4v) is 2.35. The van der Waals surface area contributed by atoms with E-state index >= 15 is 0 Å². The second-order valence-electron chi connectivity index (χ2n) is 5.95. The average Bonchev–Trinajstić information content (AvgIpc) is 2.48. The predicted molar refractivity (Wildman–Crippen MR) is 88.0 cm³/mol. The van der Waals surface area contributed by atoms with Gasteiger partial charge in [-0.05, 0) is 29.0 Å². The summed E-state index contributed by atoms with van der Waals surface area (Å²) in [6, 6.07) is 18.7. The quantitative estimate of drug-likeness (QED) is 0.830. The van der Waals surface area contributed by atoms with E-state index in [2.05, 4.69) is 50.2 Å². The number of nitrogens with two attached hydrogens (primary N) is 1. The molecule has 1 unspecified atom stereocenters. The Hall–Kier alpha value is -1.64. The summed E-state index contributed by atoms with van der Waals surface area (Å²) in [4.78, 5) is 0. The molecule has 0 fully saturated rings. The molecule has 0 spiro atoms. The molecule has 1 atom stereocenters. The first-order valence-electron chi connectivity index (χ1n) is 7.61. The third kappa shape index (κ3) is 5.33. The second kappa shape index (κ2) is 7.96. The molecule has 0 radical (unpaired) electrons. The minimum absolute atomic E-state index is 0.0678. The highest BCUT2D eigenvalue weighted by molar-refractivity contribution is 5.25. The van der Waals surface area contributed by atoms with Crippen molar-refractivity contribution in [1.29, 1.82) is 0 Å². The van der Waals surface area contributed by atoms with Crippen LogP contribution in [0.3, 0.4) is 0 Å². The zero-order valence-electron chi connectivity index (χ0n) is 13.0. The number of ether oxygens (including phenoxy) is 1. The van der Waals surface area contributed by atoms with E-state index in [0.29, 0.717) is 19.1 Å². The summed E-state index contributed by atoms with van der Waals surface area (Å²) in [7, 11) is 0. The van der Waals surface area contributed by atoms with E-state index in [0.717, 1.165) is 12.0 Å². The van der Waals surface area contributed by atoms with E-state index in [4.69, 9.17) is 10.5 Å². The molecule has 0 aliphatic carbocycles. The van der Waals surface area contributed by atoms with Gasteiger partial charge in [-0.1, -0.05) is 68.4 Å². The fourth-order valence-electron chi connectivity index (χ4n) is 2.35. The van der Waals surface area contributed by atoms with Gasteiger partial charge in [0.15, 0.2) is 0 Å². The zero-order valence-corrected chi connectivity index (χ0v) is 13.0. The SMILES string of the molecule is CC(C)Cc1ccc(C(N)COCc2ccccc2)cc1. The minimum Gasteiger partial charge on any atom is -0.375 e. The van der Waals surface area contributed by atoms with Crippen LogP contribution < -0.4 is 5.73 Å². The van der Waals surface area contributed by atoms with Crippen molar-refractivity contribution < 1.29 is 4.74 Å².